The minimum absolute atomic E-state index is 0. The number of carbonyl (C=O) groups is 1. The minimum atomic E-state index is -3.76. The molecule has 130 valence electrons. The van der Waals surface area contributed by atoms with Crippen molar-refractivity contribution in [2.75, 3.05) is 13.1 Å². The van der Waals surface area contributed by atoms with Crippen LogP contribution in [0.2, 0.25) is 5.02 Å². The Morgan fingerprint density at radius 1 is 1.43 bits per heavy atom. The summed E-state index contributed by atoms with van der Waals surface area (Å²) in [6.07, 6.45) is 1.75. The van der Waals surface area contributed by atoms with Crippen LogP contribution in [0.5, 0.6) is 0 Å². The molecule has 0 aliphatic carbocycles. The van der Waals surface area contributed by atoms with Gasteiger partial charge in [0.1, 0.15) is 0 Å². The fourth-order valence-electron chi connectivity index (χ4n) is 2.58. The van der Waals surface area contributed by atoms with Gasteiger partial charge in [0.05, 0.1) is 10.9 Å². The van der Waals surface area contributed by atoms with E-state index < -0.39 is 16.1 Å². The van der Waals surface area contributed by atoms with E-state index in [9.17, 15) is 13.2 Å². The Hall–Kier alpha value is -0.860. The van der Waals surface area contributed by atoms with Crippen molar-refractivity contribution >= 4 is 39.9 Å². The molecule has 0 bridgehead atoms. The standard InChI is InChI=1S/C14H20ClN3O3S.ClH/c1-10(14(19)18-8-2-3-12(18)9-16)17-22(20,21)13-6-4-11(15)5-7-13;/h4-7,10,12,17H,2-3,8-9,16H2,1H3;1H. The lowest BCUT2D eigenvalue weighted by Gasteiger charge is -2.26. The highest BCUT2D eigenvalue weighted by molar-refractivity contribution is 7.89. The van der Waals surface area contributed by atoms with Crippen LogP contribution < -0.4 is 10.5 Å². The Balaban J connectivity index is 0.00000264. The Kier molecular flexibility index (Phi) is 7.29. The number of carbonyl (C=O) groups excluding carboxylic acids is 1. The lowest BCUT2D eigenvalue weighted by Crippen LogP contribution is -2.50. The lowest BCUT2D eigenvalue weighted by atomic mass is 10.2. The number of amides is 1. The quantitative estimate of drug-likeness (QED) is 0.805. The van der Waals surface area contributed by atoms with Crippen molar-refractivity contribution < 1.29 is 13.2 Å². The largest absolute Gasteiger partial charge is 0.337 e. The van der Waals surface area contributed by atoms with Crippen LogP contribution in [0.25, 0.3) is 0 Å². The molecule has 1 aliphatic heterocycles. The fourth-order valence-corrected chi connectivity index (χ4v) is 3.91. The monoisotopic (exact) mass is 381 g/mol. The molecule has 1 fully saturated rings. The van der Waals surface area contributed by atoms with Gasteiger partial charge in [0.25, 0.3) is 0 Å². The van der Waals surface area contributed by atoms with Crippen LogP contribution in [0.4, 0.5) is 0 Å². The topological polar surface area (TPSA) is 92.5 Å². The average molecular weight is 382 g/mol. The van der Waals surface area contributed by atoms with Gasteiger partial charge in [0.2, 0.25) is 15.9 Å². The Bertz CT molecular complexity index is 637. The summed E-state index contributed by atoms with van der Waals surface area (Å²) in [4.78, 5) is 14.1. The third kappa shape index (κ3) is 4.81. The molecule has 1 saturated heterocycles. The summed E-state index contributed by atoms with van der Waals surface area (Å²) in [6, 6.07) is 4.95. The second-order valence-corrected chi connectivity index (χ2v) is 7.51. The molecule has 6 nitrogen and oxygen atoms in total. The summed E-state index contributed by atoms with van der Waals surface area (Å²) >= 11 is 5.75. The molecule has 0 radical (unpaired) electrons. The van der Waals surface area contributed by atoms with Gasteiger partial charge < -0.3 is 10.6 Å². The smallest absolute Gasteiger partial charge is 0.241 e. The zero-order chi connectivity index (χ0) is 16.3. The van der Waals surface area contributed by atoms with Crippen molar-refractivity contribution in [1.29, 1.82) is 0 Å². The van der Waals surface area contributed by atoms with Crippen molar-refractivity contribution in [3.63, 3.8) is 0 Å². The van der Waals surface area contributed by atoms with Gasteiger partial charge in [0.15, 0.2) is 0 Å². The van der Waals surface area contributed by atoms with Crippen molar-refractivity contribution in [3.05, 3.63) is 29.3 Å². The van der Waals surface area contributed by atoms with E-state index in [2.05, 4.69) is 4.72 Å². The van der Waals surface area contributed by atoms with Crippen LogP contribution in [0.1, 0.15) is 19.8 Å². The second-order valence-electron chi connectivity index (χ2n) is 5.36. The van der Waals surface area contributed by atoms with Crippen LogP contribution in [-0.2, 0) is 14.8 Å². The van der Waals surface area contributed by atoms with Crippen molar-refractivity contribution in [2.24, 2.45) is 5.73 Å². The first-order chi connectivity index (χ1) is 10.3. The second kappa shape index (κ2) is 8.30. The SMILES string of the molecule is CC(NS(=O)(=O)c1ccc(Cl)cc1)C(=O)N1CCCC1CN.Cl. The van der Waals surface area contributed by atoms with Crippen LogP contribution >= 0.6 is 24.0 Å². The number of nitrogens with two attached hydrogens (primary N) is 1. The maximum absolute atomic E-state index is 12.4. The number of rotatable bonds is 5. The van der Waals surface area contributed by atoms with E-state index in [1.54, 1.807) is 11.8 Å². The van der Waals surface area contributed by atoms with Gasteiger partial charge in [-0.15, -0.1) is 12.4 Å². The number of likely N-dealkylation sites (tertiary alicyclic amines) is 1. The summed E-state index contributed by atoms with van der Waals surface area (Å²) in [5.74, 6) is -0.245. The van der Waals surface area contributed by atoms with Gasteiger partial charge in [-0.2, -0.15) is 4.72 Å². The molecule has 1 aromatic carbocycles. The van der Waals surface area contributed by atoms with E-state index in [-0.39, 0.29) is 29.3 Å². The van der Waals surface area contributed by atoms with Crippen molar-refractivity contribution in [3.8, 4) is 0 Å². The summed E-state index contributed by atoms with van der Waals surface area (Å²) in [7, 11) is -3.76. The molecule has 23 heavy (non-hydrogen) atoms. The molecule has 3 N–H and O–H groups in total. The molecular weight excluding hydrogens is 361 g/mol. The van der Waals surface area contributed by atoms with Crippen LogP contribution in [-0.4, -0.2) is 44.4 Å². The van der Waals surface area contributed by atoms with Crippen molar-refractivity contribution in [2.45, 2.75) is 36.7 Å². The van der Waals surface area contributed by atoms with Crippen LogP contribution in [0.3, 0.4) is 0 Å². The van der Waals surface area contributed by atoms with Gasteiger partial charge >= 0.3 is 0 Å². The van der Waals surface area contributed by atoms with Gasteiger partial charge in [-0.05, 0) is 44.0 Å². The molecule has 0 saturated carbocycles. The highest BCUT2D eigenvalue weighted by atomic mass is 35.5. The van der Waals surface area contributed by atoms with E-state index in [0.717, 1.165) is 12.8 Å². The predicted octanol–water partition coefficient (Wildman–Crippen LogP) is 1.38. The molecule has 2 atom stereocenters. The first-order valence-electron chi connectivity index (χ1n) is 7.13. The van der Waals surface area contributed by atoms with E-state index in [1.165, 1.54) is 24.3 Å². The molecule has 2 rings (SSSR count). The van der Waals surface area contributed by atoms with E-state index >= 15 is 0 Å². The molecule has 1 aliphatic rings. The first kappa shape index (κ1) is 20.2. The van der Waals surface area contributed by atoms with E-state index in [4.69, 9.17) is 17.3 Å². The molecule has 0 spiro atoms. The predicted molar refractivity (Wildman–Crippen MR) is 92.3 cm³/mol. The summed E-state index contributed by atoms with van der Waals surface area (Å²) in [6.45, 7) is 2.55. The maximum atomic E-state index is 12.4. The first-order valence-corrected chi connectivity index (χ1v) is 8.99. The third-order valence-corrected chi connectivity index (χ3v) is 5.57. The number of nitrogens with one attached hydrogen (secondary N) is 1. The van der Waals surface area contributed by atoms with Crippen LogP contribution in [0.15, 0.2) is 29.2 Å². The molecule has 1 aromatic rings. The molecule has 2 unspecified atom stereocenters. The van der Waals surface area contributed by atoms with Gasteiger partial charge in [-0.25, -0.2) is 8.42 Å². The number of hydrogen-bond acceptors (Lipinski definition) is 4. The Morgan fingerprint density at radius 3 is 2.61 bits per heavy atom. The number of halogens is 2. The molecular formula is C14H21Cl2N3O3S. The third-order valence-electron chi connectivity index (χ3n) is 3.76. The average Bonchev–Trinajstić information content (AvgIpc) is 2.94. The number of nitrogens with zero attached hydrogens (tertiary/aromatic N) is 1. The number of benzene rings is 1. The molecule has 1 amide bonds. The zero-order valence-electron chi connectivity index (χ0n) is 12.7. The van der Waals surface area contributed by atoms with Gasteiger partial charge in [0, 0.05) is 24.2 Å². The summed E-state index contributed by atoms with van der Waals surface area (Å²) in [5.41, 5.74) is 5.65. The maximum Gasteiger partial charge on any atom is 0.241 e. The number of hydrogen-bond donors (Lipinski definition) is 2. The molecule has 0 aromatic heterocycles. The highest BCUT2D eigenvalue weighted by Crippen LogP contribution is 2.18. The fraction of sp³-hybridized carbons (Fsp3) is 0.500. The highest BCUT2D eigenvalue weighted by Gasteiger charge is 2.32. The summed E-state index contributed by atoms with van der Waals surface area (Å²) in [5, 5.41) is 0.450. The van der Waals surface area contributed by atoms with Gasteiger partial charge in [-0.1, -0.05) is 11.6 Å². The number of sulfonamides is 1. The van der Waals surface area contributed by atoms with Crippen molar-refractivity contribution in [1.82, 2.24) is 9.62 Å². The molecule has 1 heterocycles. The normalized spacial score (nSPS) is 19.3. The summed E-state index contributed by atoms with van der Waals surface area (Å²) < 4.78 is 27.0. The minimum Gasteiger partial charge on any atom is -0.337 e. The van der Waals surface area contributed by atoms with Gasteiger partial charge in [-0.3, -0.25) is 4.79 Å². The van der Waals surface area contributed by atoms with Crippen LogP contribution in [0, 0.1) is 0 Å². The van der Waals surface area contributed by atoms with E-state index in [0.29, 0.717) is 18.1 Å². The molecule has 9 heteroatoms. The lowest BCUT2D eigenvalue weighted by molar-refractivity contribution is -0.133. The Morgan fingerprint density at radius 2 is 2.04 bits per heavy atom. The zero-order valence-corrected chi connectivity index (χ0v) is 15.1. The van der Waals surface area contributed by atoms with E-state index in [1.807, 2.05) is 0 Å². The Labute approximate surface area is 147 Å².